The number of nitrogens with zero attached hydrogens (tertiary/aromatic N) is 1. The van der Waals surface area contributed by atoms with Crippen molar-refractivity contribution in [1.82, 2.24) is 16.0 Å². The van der Waals surface area contributed by atoms with Gasteiger partial charge in [-0.25, -0.2) is 0 Å². The number of aryl methyl sites for hydroxylation is 1. The largest absolute Gasteiger partial charge is 0.459 e. The molecule has 1 amide bonds. The lowest BCUT2D eigenvalue weighted by Crippen LogP contribution is -2.39. The van der Waals surface area contributed by atoms with Crippen LogP contribution in [0, 0.1) is 12.8 Å². The van der Waals surface area contributed by atoms with Crippen molar-refractivity contribution in [2.24, 2.45) is 10.9 Å². The minimum atomic E-state index is -0.177. The third kappa shape index (κ3) is 8.01. The molecule has 8 nitrogen and oxygen atoms in total. The number of ether oxygens (including phenoxy) is 2. The molecule has 0 aromatic carbocycles. The molecule has 1 aliphatic heterocycles. The Kier molecular flexibility index (Phi) is 9.72. The maximum absolute atomic E-state index is 11.9. The van der Waals surface area contributed by atoms with Crippen molar-refractivity contribution in [3.63, 3.8) is 0 Å². The monoisotopic (exact) mass is 380 g/mol. The van der Waals surface area contributed by atoms with E-state index in [4.69, 9.17) is 13.9 Å². The zero-order chi connectivity index (χ0) is 19.3. The van der Waals surface area contributed by atoms with Crippen molar-refractivity contribution < 1.29 is 18.7 Å². The maximum Gasteiger partial charge on any atom is 0.287 e. The van der Waals surface area contributed by atoms with E-state index in [0.717, 1.165) is 70.3 Å². The van der Waals surface area contributed by atoms with Crippen LogP contribution < -0.4 is 16.0 Å². The molecule has 1 fully saturated rings. The van der Waals surface area contributed by atoms with Crippen LogP contribution in [0.2, 0.25) is 0 Å². The summed E-state index contributed by atoms with van der Waals surface area (Å²) in [6.45, 7) is 7.16. The van der Waals surface area contributed by atoms with Gasteiger partial charge in [0.2, 0.25) is 0 Å². The average molecular weight is 380 g/mol. The number of rotatable bonds is 11. The lowest BCUT2D eigenvalue weighted by Gasteiger charge is -2.13. The average Bonchev–Trinajstić information content (AvgIpc) is 3.33. The highest BCUT2D eigenvalue weighted by Crippen LogP contribution is 2.12. The summed E-state index contributed by atoms with van der Waals surface area (Å²) in [5.74, 6) is 1.52. The number of amides is 1. The van der Waals surface area contributed by atoms with Gasteiger partial charge in [-0.2, -0.15) is 0 Å². The zero-order valence-corrected chi connectivity index (χ0v) is 16.4. The van der Waals surface area contributed by atoms with Crippen LogP contribution in [0.5, 0.6) is 0 Å². The molecule has 1 aromatic rings. The van der Waals surface area contributed by atoms with Crippen LogP contribution in [0.25, 0.3) is 0 Å². The summed E-state index contributed by atoms with van der Waals surface area (Å²) in [5, 5.41) is 9.34. The quantitative estimate of drug-likeness (QED) is 0.304. The molecule has 3 N–H and O–H groups in total. The van der Waals surface area contributed by atoms with Crippen molar-refractivity contribution >= 4 is 11.9 Å². The van der Waals surface area contributed by atoms with Gasteiger partial charge in [-0.15, -0.1) is 0 Å². The minimum Gasteiger partial charge on any atom is -0.459 e. The van der Waals surface area contributed by atoms with Crippen LogP contribution in [-0.4, -0.2) is 65.0 Å². The Bertz CT molecular complexity index is 582. The molecule has 0 radical (unpaired) electrons. The van der Waals surface area contributed by atoms with Gasteiger partial charge in [0, 0.05) is 51.4 Å². The van der Waals surface area contributed by atoms with Crippen LogP contribution in [0.3, 0.4) is 0 Å². The highest BCUT2D eigenvalue weighted by atomic mass is 16.5. The maximum atomic E-state index is 11.9. The number of carbonyl (C=O) groups is 1. The van der Waals surface area contributed by atoms with Crippen LogP contribution in [-0.2, 0) is 9.47 Å². The van der Waals surface area contributed by atoms with Gasteiger partial charge >= 0.3 is 0 Å². The molecule has 1 saturated heterocycles. The summed E-state index contributed by atoms with van der Waals surface area (Å²) in [7, 11) is 1.74. The molecule has 1 aliphatic rings. The van der Waals surface area contributed by atoms with E-state index in [1.807, 2.05) is 6.92 Å². The van der Waals surface area contributed by atoms with Gasteiger partial charge in [0.25, 0.3) is 5.91 Å². The Morgan fingerprint density at radius 3 is 2.70 bits per heavy atom. The molecule has 2 rings (SSSR count). The first-order chi connectivity index (χ1) is 13.2. The second-order valence-electron chi connectivity index (χ2n) is 6.63. The third-order valence-corrected chi connectivity index (χ3v) is 4.36. The van der Waals surface area contributed by atoms with E-state index in [-0.39, 0.29) is 5.91 Å². The molecule has 2 heterocycles. The minimum absolute atomic E-state index is 0.177. The van der Waals surface area contributed by atoms with Gasteiger partial charge in [0.1, 0.15) is 0 Å². The summed E-state index contributed by atoms with van der Waals surface area (Å²) >= 11 is 0. The first kappa shape index (κ1) is 21.2. The molecule has 152 valence electrons. The number of hydrogen-bond donors (Lipinski definition) is 3. The molecular formula is C19H32N4O4. The number of aliphatic imine (C=N–C) groups is 1. The Hall–Kier alpha value is -2.06. The summed E-state index contributed by atoms with van der Waals surface area (Å²) in [6, 6.07) is 1.78. The molecule has 1 aromatic heterocycles. The van der Waals surface area contributed by atoms with Crippen LogP contribution in [0.4, 0.5) is 0 Å². The van der Waals surface area contributed by atoms with E-state index < -0.39 is 0 Å². The Morgan fingerprint density at radius 2 is 2.04 bits per heavy atom. The van der Waals surface area contributed by atoms with Gasteiger partial charge in [-0.3, -0.25) is 9.79 Å². The SMILES string of the molecule is CN=C(NCCCNC(=O)c1occc1C)NCCCOCC1CCOC1. The summed E-state index contributed by atoms with van der Waals surface area (Å²) in [6.07, 6.45) is 4.34. The summed E-state index contributed by atoms with van der Waals surface area (Å²) < 4.78 is 16.2. The molecule has 1 atom stereocenters. The van der Waals surface area contributed by atoms with E-state index >= 15 is 0 Å². The number of furan rings is 1. The fourth-order valence-electron chi connectivity index (χ4n) is 2.75. The topological polar surface area (TPSA) is 97.1 Å². The highest BCUT2D eigenvalue weighted by molar-refractivity contribution is 5.92. The fraction of sp³-hybridized carbons (Fsp3) is 0.684. The second kappa shape index (κ2) is 12.3. The Labute approximate surface area is 161 Å². The number of hydrogen-bond acceptors (Lipinski definition) is 5. The van der Waals surface area contributed by atoms with E-state index in [1.165, 1.54) is 6.26 Å². The molecular weight excluding hydrogens is 348 g/mol. The van der Waals surface area contributed by atoms with E-state index in [2.05, 4.69) is 20.9 Å². The predicted molar refractivity (Wildman–Crippen MR) is 104 cm³/mol. The predicted octanol–water partition coefficient (Wildman–Crippen LogP) is 1.32. The highest BCUT2D eigenvalue weighted by Gasteiger charge is 2.15. The van der Waals surface area contributed by atoms with Crippen LogP contribution in [0.15, 0.2) is 21.7 Å². The lowest BCUT2D eigenvalue weighted by atomic mass is 10.1. The van der Waals surface area contributed by atoms with Crippen molar-refractivity contribution in [3.8, 4) is 0 Å². The number of nitrogens with one attached hydrogen (secondary N) is 3. The van der Waals surface area contributed by atoms with Crippen molar-refractivity contribution in [1.29, 1.82) is 0 Å². The van der Waals surface area contributed by atoms with Gasteiger partial charge in [-0.05, 0) is 32.3 Å². The van der Waals surface area contributed by atoms with Crippen molar-refractivity contribution in [2.45, 2.75) is 26.2 Å². The number of guanidine groups is 1. The first-order valence-corrected chi connectivity index (χ1v) is 9.63. The summed E-state index contributed by atoms with van der Waals surface area (Å²) in [4.78, 5) is 16.1. The lowest BCUT2D eigenvalue weighted by molar-refractivity contribution is 0.0888. The van der Waals surface area contributed by atoms with Gasteiger partial charge in [0.05, 0.1) is 19.5 Å². The van der Waals surface area contributed by atoms with E-state index in [1.54, 1.807) is 13.1 Å². The van der Waals surface area contributed by atoms with Crippen molar-refractivity contribution in [2.75, 3.05) is 53.1 Å². The Morgan fingerprint density at radius 1 is 1.26 bits per heavy atom. The molecule has 0 spiro atoms. The van der Waals surface area contributed by atoms with Gasteiger partial charge in [0.15, 0.2) is 11.7 Å². The third-order valence-electron chi connectivity index (χ3n) is 4.36. The number of carbonyl (C=O) groups excluding carboxylic acids is 1. The molecule has 0 saturated carbocycles. The van der Waals surface area contributed by atoms with E-state index in [0.29, 0.717) is 18.2 Å². The molecule has 0 bridgehead atoms. The first-order valence-electron chi connectivity index (χ1n) is 9.63. The second-order valence-corrected chi connectivity index (χ2v) is 6.63. The fourth-order valence-corrected chi connectivity index (χ4v) is 2.75. The molecule has 8 heteroatoms. The standard InChI is InChI=1S/C19H32N4O4/c1-15-5-12-27-17(15)18(24)21-7-3-8-22-19(20-2)23-9-4-10-25-13-16-6-11-26-14-16/h5,12,16H,3-4,6-11,13-14H2,1-2H3,(H,21,24)(H2,20,22,23). The normalized spacial score (nSPS) is 17.1. The molecule has 1 unspecified atom stereocenters. The smallest absolute Gasteiger partial charge is 0.287 e. The van der Waals surface area contributed by atoms with Gasteiger partial charge in [-0.1, -0.05) is 0 Å². The van der Waals surface area contributed by atoms with Crippen LogP contribution in [0.1, 0.15) is 35.4 Å². The zero-order valence-electron chi connectivity index (χ0n) is 16.4. The van der Waals surface area contributed by atoms with Crippen LogP contribution >= 0.6 is 0 Å². The van der Waals surface area contributed by atoms with E-state index in [9.17, 15) is 4.79 Å². The summed E-state index contributed by atoms with van der Waals surface area (Å²) in [5.41, 5.74) is 0.843. The molecule has 27 heavy (non-hydrogen) atoms. The van der Waals surface area contributed by atoms with Gasteiger partial charge < -0.3 is 29.8 Å². The molecule has 0 aliphatic carbocycles. The van der Waals surface area contributed by atoms with Crippen molar-refractivity contribution in [3.05, 3.63) is 23.7 Å². The Balaban J connectivity index is 1.45.